The molecule has 0 saturated heterocycles. The predicted molar refractivity (Wildman–Crippen MR) is 74.4 cm³/mol. The van der Waals surface area contributed by atoms with E-state index in [9.17, 15) is 9.59 Å². The summed E-state index contributed by atoms with van der Waals surface area (Å²) in [5.41, 5.74) is 0.766. The molecule has 0 aromatic carbocycles. The Morgan fingerprint density at radius 3 is 2.45 bits per heavy atom. The molecule has 1 amide bonds. The number of nitrogens with zero attached hydrogens (tertiary/aromatic N) is 4. The first kappa shape index (κ1) is 16.2. The number of aromatic carboxylic acids is 1. The molecule has 0 saturated carbocycles. The maximum absolute atomic E-state index is 12.0. The predicted octanol–water partition coefficient (Wildman–Crippen LogP) is 0.419. The van der Waals surface area contributed by atoms with Crippen LogP contribution in [-0.4, -0.2) is 63.2 Å². The van der Waals surface area contributed by atoms with Gasteiger partial charge in [0.2, 0.25) is 5.91 Å². The molecule has 0 radical (unpaired) electrons. The van der Waals surface area contributed by atoms with Gasteiger partial charge in [-0.3, -0.25) is 14.4 Å². The van der Waals surface area contributed by atoms with Gasteiger partial charge >= 0.3 is 5.97 Å². The van der Waals surface area contributed by atoms with Gasteiger partial charge < -0.3 is 10.0 Å². The van der Waals surface area contributed by atoms with Gasteiger partial charge in [-0.2, -0.15) is 5.10 Å². The lowest BCUT2D eigenvalue weighted by molar-refractivity contribution is -0.131. The molecule has 0 aliphatic carbocycles. The summed E-state index contributed by atoms with van der Waals surface area (Å²) in [4.78, 5) is 26.6. The Hall–Kier alpha value is -1.89. The van der Waals surface area contributed by atoms with Crippen molar-refractivity contribution in [1.82, 2.24) is 19.6 Å². The van der Waals surface area contributed by atoms with Gasteiger partial charge in [-0.15, -0.1) is 0 Å². The van der Waals surface area contributed by atoms with Crippen LogP contribution in [0.25, 0.3) is 0 Å². The summed E-state index contributed by atoms with van der Waals surface area (Å²) in [5.74, 6) is -0.965. The van der Waals surface area contributed by atoms with E-state index >= 15 is 0 Å². The average molecular weight is 282 g/mol. The summed E-state index contributed by atoms with van der Waals surface area (Å²) in [6, 6.07) is 0. The van der Waals surface area contributed by atoms with Crippen molar-refractivity contribution in [3.05, 3.63) is 17.5 Å². The Morgan fingerprint density at radius 2 is 1.95 bits per heavy atom. The van der Waals surface area contributed by atoms with E-state index in [4.69, 9.17) is 5.11 Å². The summed E-state index contributed by atoms with van der Waals surface area (Å²) < 4.78 is 1.53. The highest BCUT2D eigenvalue weighted by molar-refractivity contribution is 5.88. The molecular formula is C13H22N4O3. The van der Waals surface area contributed by atoms with Crippen LogP contribution in [0.5, 0.6) is 0 Å². The second-order valence-corrected chi connectivity index (χ2v) is 4.67. The van der Waals surface area contributed by atoms with Crippen LogP contribution in [0.3, 0.4) is 0 Å². The summed E-state index contributed by atoms with van der Waals surface area (Å²) in [6.45, 7) is 5.84. The normalized spacial score (nSPS) is 10.8. The van der Waals surface area contributed by atoms with Gasteiger partial charge in [0.25, 0.3) is 0 Å². The molecular weight excluding hydrogens is 260 g/mol. The number of carbonyl (C=O) groups excluding carboxylic acids is 1. The molecule has 7 nitrogen and oxygen atoms in total. The Bertz CT molecular complexity index is 480. The number of aromatic nitrogens is 2. The molecule has 0 fully saturated rings. The quantitative estimate of drug-likeness (QED) is 0.784. The zero-order valence-corrected chi connectivity index (χ0v) is 12.5. The van der Waals surface area contributed by atoms with Gasteiger partial charge in [0.15, 0.2) is 0 Å². The highest BCUT2D eigenvalue weighted by Crippen LogP contribution is 2.10. The van der Waals surface area contributed by atoms with E-state index in [2.05, 4.69) is 5.10 Å². The number of carboxylic acids is 1. The lowest BCUT2D eigenvalue weighted by Gasteiger charge is -2.23. The Morgan fingerprint density at radius 1 is 1.35 bits per heavy atom. The third kappa shape index (κ3) is 3.80. The van der Waals surface area contributed by atoms with Crippen molar-refractivity contribution in [2.75, 3.05) is 26.7 Å². The third-order valence-corrected chi connectivity index (χ3v) is 3.23. The smallest absolute Gasteiger partial charge is 0.339 e. The summed E-state index contributed by atoms with van der Waals surface area (Å²) in [7, 11) is 3.49. The number of hydrogen-bond donors (Lipinski definition) is 1. The number of aryl methyl sites for hydroxylation is 1. The van der Waals surface area contributed by atoms with Crippen molar-refractivity contribution >= 4 is 11.9 Å². The molecule has 7 heteroatoms. The number of hydrogen-bond acceptors (Lipinski definition) is 4. The summed E-state index contributed by atoms with van der Waals surface area (Å²) >= 11 is 0. The maximum Gasteiger partial charge on any atom is 0.339 e. The lowest BCUT2D eigenvalue weighted by Crippen LogP contribution is -2.38. The summed E-state index contributed by atoms with van der Waals surface area (Å²) in [5, 5.41) is 13.0. The van der Waals surface area contributed by atoms with E-state index in [-0.39, 0.29) is 18.0 Å². The highest BCUT2D eigenvalue weighted by atomic mass is 16.4. The van der Waals surface area contributed by atoms with Crippen LogP contribution in [0.4, 0.5) is 0 Å². The minimum atomic E-state index is -1.00. The van der Waals surface area contributed by atoms with Gasteiger partial charge in [0.05, 0.1) is 18.4 Å². The van der Waals surface area contributed by atoms with Gasteiger partial charge in [0.1, 0.15) is 5.56 Å². The topological polar surface area (TPSA) is 78.7 Å². The second-order valence-electron chi connectivity index (χ2n) is 4.67. The van der Waals surface area contributed by atoms with E-state index in [1.54, 1.807) is 23.9 Å². The largest absolute Gasteiger partial charge is 0.478 e. The minimum absolute atomic E-state index is 0.0385. The van der Waals surface area contributed by atoms with Crippen molar-refractivity contribution in [2.24, 2.45) is 7.05 Å². The Balaban J connectivity index is 2.72. The summed E-state index contributed by atoms with van der Waals surface area (Å²) in [6.07, 6.45) is 1.33. The Labute approximate surface area is 118 Å². The van der Waals surface area contributed by atoms with Gasteiger partial charge in [-0.05, 0) is 20.9 Å². The van der Waals surface area contributed by atoms with Crippen LogP contribution in [0.15, 0.2) is 6.20 Å². The monoisotopic (exact) mass is 282 g/mol. The molecule has 0 spiro atoms. The maximum atomic E-state index is 12.0. The van der Waals surface area contributed by atoms with Crippen molar-refractivity contribution in [3.8, 4) is 0 Å². The molecule has 1 aromatic heterocycles. The third-order valence-electron chi connectivity index (χ3n) is 3.23. The van der Waals surface area contributed by atoms with E-state index in [1.165, 1.54) is 10.9 Å². The first-order chi connectivity index (χ1) is 9.40. The van der Waals surface area contributed by atoms with Crippen LogP contribution in [0.2, 0.25) is 0 Å². The lowest BCUT2D eigenvalue weighted by atomic mass is 10.2. The van der Waals surface area contributed by atoms with Crippen LogP contribution >= 0.6 is 0 Å². The van der Waals surface area contributed by atoms with E-state index in [1.807, 2.05) is 13.8 Å². The number of amides is 1. The zero-order valence-electron chi connectivity index (χ0n) is 12.5. The second kappa shape index (κ2) is 7.04. The van der Waals surface area contributed by atoms with Crippen LogP contribution in [0.1, 0.15) is 29.9 Å². The first-order valence-electron chi connectivity index (χ1n) is 6.61. The number of carbonyl (C=O) groups is 2. The number of carboxylic acid groups (broad SMARTS) is 1. The molecule has 20 heavy (non-hydrogen) atoms. The minimum Gasteiger partial charge on any atom is -0.478 e. The number of likely N-dealkylation sites (N-methyl/N-ethyl adjacent to an activating group) is 2. The standard InChI is InChI=1S/C13H22N4O3/c1-5-17(6-2)12(18)9-15(3)8-11-10(13(19)20)7-14-16(11)4/h7H,5-6,8-9H2,1-4H3,(H,19,20). The zero-order chi connectivity index (χ0) is 15.3. The van der Waals surface area contributed by atoms with Crippen LogP contribution in [0, 0.1) is 0 Å². The van der Waals surface area contributed by atoms with E-state index in [0.29, 0.717) is 25.3 Å². The van der Waals surface area contributed by atoms with Crippen LogP contribution in [-0.2, 0) is 18.4 Å². The molecule has 0 aliphatic heterocycles. The Kier molecular flexibility index (Phi) is 5.69. The van der Waals surface area contributed by atoms with Crippen molar-refractivity contribution in [3.63, 3.8) is 0 Å². The highest BCUT2D eigenvalue weighted by Gasteiger charge is 2.18. The molecule has 1 N–H and O–H groups in total. The fourth-order valence-corrected chi connectivity index (χ4v) is 2.05. The fraction of sp³-hybridized carbons (Fsp3) is 0.615. The van der Waals surface area contributed by atoms with Crippen LogP contribution < -0.4 is 0 Å². The molecule has 0 atom stereocenters. The molecule has 0 aliphatic rings. The number of rotatable bonds is 7. The molecule has 1 rings (SSSR count). The SMILES string of the molecule is CCN(CC)C(=O)CN(C)Cc1c(C(=O)O)cnn1C. The van der Waals surface area contributed by atoms with Crippen molar-refractivity contribution < 1.29 is 14.7 Å². The van der Waals surface area contributed by atoms with Gasteiger partial charge in [0, 0.05) is 26.7 Å². The van der Waals surface area contributed by atoms with E-state index < -0.39 is 5.97 Å². The molecule has 0 bridgehead atoms. The average Bonchev–Trinajstić information content (AvgIpc) is 2.72. The molecule has 1 aromatic rings. The molecule has 112 valence electrons. The first-order valence-corrected chi connectivity index (χ1v) is 6.61. The molecule has 0 unspecified atom stereocenters. The van der Waals surface area contributed by atoms with Crippen molar-refractivity contribution in [2.45, 2.75) is 20.4 Å². The van der Waals surface area contributed by atoms with Crippen molar-refractivity contribution in [1.29, 1.82) is 0 Å². The fourth-order valence-electron chi connectivity index (χ4n) is 2.05. The van der Waals surface area contributed by atoms with Gasteiger partial charge in [-0.1, -0.05) is 0 Å². The molecule has 1 heterocycles. The van der Waals surface area contributed by atoms with Gasteiger partial charge in [-0.25, -0.2) is 4.79 Å². The van der Waals surface area contributed by atoms with E-state index in [0.717, 1.165) is 0 Å².